The van der Waals surface area contributed by atoms with Gasteiger partial charge in [0.2, 0.25) is 5.28 Å². The third-order valence-electron chi connectivity index (χ3n) is 5.53. The first kappa shape index (κ1) is 27.2. The average Bonchev–Trinajstić information content (AvgIpc) is 3.60. The van der Waals surface area contributed by atoms with Gasteiger partial charge in [0.05, 0.1) is 12.9 Å². The number of fused-ring (bicyclic) bond motifs is 1. The smallest absolute Gasteiger partial charge is 0.226 e. The van der Waals surface area contributed by atoms with E-state index in [0.29, 0.717) is 23.2 Å². The molecule has 5 aromatic rings. The highest BCUT2D eigenvalue weighted by molar-refractivity contribution is 7.09. The standard InChI is InChI=1S/C14H15ClN6.C12H16N4S/c15-14-20-12(11-13(21-14)19-9-18-11)17-7-6-16-8-10-4-2-1-3-5-10;1-8(2)10-11(13)15-7-16-12(10)14-6-9-4-3-5-17-9/h1-5,9,16H,6-8H2,(H2,17,18,19,20,21);3-5,7-8H,6H2,1-2H3,(H3,13,14,15,16). The highest BCUT2D eigenvalue weighted by Gasteiger charge is 2.12. The van der Waals surface area contributed by atoms with Gasteiger partial charge in [0.25, 0.3) is 0 Å². The lowest BCUT2D eigenvalue weighted by Crippen LogP contribution is -2.22. The number of H-pyrrole nitrogens is 1. The molecule has 0 aliphatic rings. The van der Waals surface area contributed by atoms with Crippen LogP contribution in [0.25, 0.3) is 11.2 Å². The molecular formula is C26H31ClN10S. The van der Waals surface area contributed by atoms with Gasteiger partial charge in [0, 0.05) is 30.1 Å². The maximum atomic E-state index is 5.88. The average molecular weight is 551 g/mol. The van der Waals surface area contributed by atoms with Crippen molar-refractivity contribution in [2.45, 2.75) is 32.9 Å². The Morgan fingerprint density at radius 1 is 0.947 bits per heavy atom. The molecule has 0 bridgehead atoms. The summed E-state index contributed by atoms with van der Waals surface area (Å²) in [7, 11) is 0. The van der Waals surface area contributed by atoms with Gasteiger partial charge >= 0.3 is 0 Å². The second-order valence-electron chi connectivity index (χ2n) is 8.64. The van der Waals surface area contributed by atoms with Crippen molar-refractivity contribution in [1.82, 2.24) is 35.2 Å². The molecule has 0 spiro atoms. The van der Waals surface area contributed by atoms with E-state index in [4.69, 9.17) is 17.3 Å². The minimum atomic E-state index is 0.189. The van der Waals surface area contributed by atoms with Crippen LogP contribution in [0.2, 0.25) is 5.28 Å². The topological polar surface area (TPSA) is 142 Å². The second kappa shape index (κ2) is 13.7. The van der Waals surface area contributed by atoms with Crippen LogP contribution in [-0.2, 0) is 13.1 Å². The Balaban J connectivity index is 0.000000181. The number of nitrogens with two attached hydrogens (primary N) is 1. The van der Waals surface area contributed by atoms with Gasteiger partial charge in [-0.25, -0.2) is 15.0 Å². The SMILES string of the molecule is CC(C)c1c(N)ncnc1NCc1cccs1.Clc1nc(NCCNCc2ccccc2)c2[nH]cnc2n1. The van der Waals surface area contributed by atoms with Crippen molar-refractivity contribution in [3.63, 3.8) is 0 Å². The van der Waals surface area contributed by atoms with Gasteiger partial charge in [-0.05, 0) is 34.5 Å². The van der Waals surface area contributed by atoms with Crippen molar-refractivity contribution < 1.29 is 0 Å². The molecule has 12 heteroatoms. The van der Waals surface area contributed by atoms with E-state index in [2.05, 4.69) is 83.3 Å². The van der Waals surface area contributed by atoms with Crippen molar-refractivity contribution in [3.8, 4) is 0 Å². The first-order valence-electron chi connectivity index (χ1n) is 12.2. The zero-order chi connectivity index (χ0) is 26.7. The summed E-state index contributed by atoms with van der Waals surface area (Å²) in [5, 5.41) is 12.2. The van der Waals surface area contributed by atoms with E-state index in [1.54, 1.807) is 17.7 Å². The summed E-state index contributed by atoms with van der Waals surface area (Å²) in [5.41, 5.74) is 9.47. The fraction of sp³-hybridized carbons (Fsp3) is 0.269. The van der Waals surface area contributed by atoms with Crippen LogP contribution in [-0.4, -0.2) is 43.0 Å². The van der Waals surface area contributed by atoms with E-state index < -0.39 is 0 Å². The van der Waals surface area contributed by atoms with Crippen LogP contribution >= 0.6 is 22.9 Å². The lowest BCUT2D eigenvalue weighted by Gasteiger charge is -2.14. The number of aromatic nitrogens is 6. The highest BCUT2D eigenvalue weighted by Crippen LogP contribution is 2.26. The summed E-state index contributed by atoms with van der Waals surface area (Å²) in [6.45, 7) is 7.33. The van der Waals surface area contributed by atoms with Crippen LogP contribution in [0.4, 0.5) is 17.5 Å². The van der Waals surface area contributed by atoms with E-state index in [0.717, 1.165) is 43.1 Å². The number of nitrogens with one attached hydrogen (secondary N) is 4. The number of nitrogens with zero attached hydrogens (tertiary/aromatic N) is 5. The zero-order valence-electron chi connectivity index (χ0n) is 21.3. The van der Waals surface area contributed by atoms with Crippen molar-refractivity contribution >= 4 is 51.6 Å². The lowest BCUT2D eigenvalue weighted by atomic mass is 10.0. The third-order valence-corrected chi connectivity index (χ3v) is 6.57. The molecule has 5 rings (SSSR count). The van der Waals surface area contributed by atoms with Gasteiger partial charge in [-0.15, -0.1) is 11.3 Å². The van der Waals surface area contributed by atoms with Crippen LogP contribution in [0.5, 0.6) is 0 Å². The maximum Gasteiger partial charge on any atom is 0.226 e. The summed E-state index contributed by atoms with van der Waals surface area (Å²) in [5.74, 6) is 2.37. The largest absolute Gasteiger partial charge is 0.383 e. The van der Waals surface area contributed by atoms with Crippen molar-refractivity contribution in [3.05, 3.63) is 81.8 Å². The minimum absolute atomic E-state index is 0.189. The van der Waals surface area contributed by atoms with Gasteiger partial charge in [0.15, 0.2) is 11.5 Å². The number of benzene rings is 1. The molecule has 4 aromatic heterocycles. The number of aromatic amines is 1. The Kier molecular flexibility index (Phi) is 9.79. The predicted octanol–water partition coefficient (Wildman–Crippen LogP) is 5.06. The number of halogens is 1. The van der Waals surface area contributed by atoms with Crippen LogP contribution in [0.15, 0.2) is 60.5 Å². The van der Waals surface area contributed by atoms with Gasteiger partial charge in [-0.3, -0.25) is 0 Å². The molecule has 0 amide bonds. The summed E-state index contributed by atoms with van der Waals surface area (Å²) in [6.07, 6.45) is 3.08. The molecule has 0 aliphatic heterocycles. The van der Waals surface area contributed by atoms with Crippen molar-refractivity contribution in [1.29, 1.82) is 0 Å². The second-order valence-corrected chi connectivity index (χ2v) is 10.0. The van der Waals surface area contributed by atoms with Crippen LogP contribution < -0.4 is 21.7 Å². The van der Waals surface area contributed by atoms with Crippen molar-refractivity contribution in [2.24, 2.45) is 0 Å². The van der Waals surface area contributed by atoms with Gasteiger partial charge in [-0.1, -0.05) is 50.2 Å². The molecule has 0 aliphatic carbocycles. The molecule has 0 radical (unpaired) electrons. The predicted molar refractivity (Wildman–Crippen MR) is 156 cm³/mol. The molecule has 38 heavy (non-hydrogen) atoms. The van der Waals surface area contributed by atoms with E-state index in [1.165, 1.54) is 16.8 Å². The molecule has 10 nitrogen and oxygen atoms in total. The number of nitrogen functional groups attached to an aromatic ring is 1. The molecule has 198 valence electrons. The van der Waals surface area contributed by atoms with E-state index >= 15 is 0 Å². The number of anilines is 3. The van der Waals surface area contributed by atoms with Crippen LogP contribution in [0.1, 0.15) is 35.8 Å². The molecule has 0 atom stereocenters. The number of hydrogen-bond donors (Lipinski definition) is 5. The first-order valence-corrected chi connectivity index (χ1v) is 13.5. The first-order chi connectivity index (χ1) is 18.5. The number of imidazole rings is 1. The molecule has 0 fully saturated rings. The summed E-state index contributed by atoms with van der Waals surface area (Å²) >= 11 is 7.59. The Hall–Kier alpha value is -3.80. The molecule has 0 saturated carbocycles. The third kappa shape index (κ3) is 7.60. The maximum absolute atomic E-state index is 5.88. The highest BCUT2D eigenvalue weighted by atomic mass is 35.5. The van der Waals surface area contributed by atoms with E-state index in [-0.39, 0.29) is 5.28 Å². The van der Waals surface area contributed by atoms with E-state index in [1.807, 2.05) is 24.3 Å². The van der Waals surface area contributed by atoms with Crippen LogP contribution in [0.3, 0.4) is 0 Å². The van der Waals surface area contributed by atoms with Crippen LogP contribution in [0, 0.1) is 0 Å². The fourth-order valence-electron chi connectivity index (χ4n) is 3.74. The Labute approximate surface area is 230 Å². The summed E-state index contributed by atoms with van der Waals surface area (Å²) < 4.78 is 0. The molecule has 1 aromatic carbocycles. The molecule has 4 heterocycles. The van der Waals surface area contributed by atoms with Gasteiger partial charge < -0.3 is 26.7 Å². The molecule has 0 saturated heterocycles. The zero-order valence-corrected chi connectivity index (χ0v) is 22.9. The summed E-state index contributed by atoms with van der Waals surface area (Å²) in [6, 6.07) is 14.4. The fourth-order valence-corrected chi connectivity index (χ4v) is 4.54. The normalized spacial score (nSPS) is 10.8. The Bertz CT molecular complexity index is 1410. The van der Waals surface area contributed by atoms with Gasteiger partial charge in [0.1, 0.15) is 23.5 Å². The molecular weight excluding hydrogens is 520 g/mol. The van der Waals surface area contributed by atoms with Crippen molar-refractivity contribution in [2.75, 3.05) is 29.5 Å². The minimum Gasteiger partial charge on any atom is -0.383 e. The quantitative estimate of drug-likeness (QED) is 0.119. The van der Waals surface area contributed by atoms with E-state index in [9.17, 15) is 0 Å². The molecule has 6 N–H and O–H groups in total. The number of thiophene rings is 1. The Morgan fingerprint density at radius 3 is 2.55 bits per heavy atom. The monoisotopic (exact) mass is 550 g/mol. The lowest BCUT2D eigenvalue weighted by molar-refractivity contribution is 0.706. The number of rotatable bonds is 10. The van der Waals surface area contributed by atoms with Gasteiger partial charge in [-0.2, -0.15) is 9.97 Å². The molecule has 0 unspecified atom stereocenters. The number of hydrogen-bond acceptors (Lipinski definition) is 10. The Morgan fingerprint density at radius 2 is 1.79 bits per heavy atom. The summed E-state index contributed by atoms with van der Waals surface area (Å²) in [4.78, 5) is 24.9.